The Labute approximate surface area is 324 Å². The van der Waals surface area contributed by atoms with Crippen molar-refractivity contribution < 1.29 is 4.42 Å². The molecule has 0 aliphatic carbocycles. The van der Waals surface area contributed by atoms with Gasteiger partial charge in [-0.05, 0) is 127 Å². The van der Waals surface area contributed by atoms with Gasteiger partial charge in [0, 0.05) is 28.0 Å². The molecule has 0 spiro atoms. The Balaban J connectivity index is 0.986. The molecule has 0 aliphatic rings. The van der Waals surface area contributed by atoms with Crippen LogP contribution in [0.1, 0.15) is 0 Å². The van der Waals surface area contributed by atoms with Gasteiger partial charge >= 0.3 is 0 Å². The molecule has 262 valence electrons. The molecule has 3 heteroatoms. The minimum atomic E-state index is 0.633. The highest BCUT2D eigenvalue weighted by Gasteiger charge is 2.17. The molecular weight excluding hydrogens is 681 g/mol. The Kier molecular flexibility index (Phi) is 7.49. The zero-order chi connectivity index (χ0) is 37.0. The van der Waals surface area contributed by atoms with Crippen LogP contribution in [0.2, 0.25) is 0 Å². The lowest BCUT2D eigenvalue weighted by atomic mass is 9.93. The minimum Gasteiger partial charge on any atom is -0.435 e. The molecule has 10 aromatic carbocycles. The predicted octanol–water partition coefficient (Wildman–Crippen LogP) is 14.9. The van der Waals surface area contributed by atoms with Crippen LogP contribution in [0.25, 0.3) is 87.9 Å². The lowest BCUT2D eigenvalue weighted by molar-refractivity contribution is 0.623. The van der Waals surface area contributed by atoms with Crippen molar-refractivity contribution in [3.8, 4) is 33.7 Å². The Morgan fingerprint density at radius 1 is 0.339 bits per heavy atom. The first kappa shape index (κ1) is 32.0. The van der Waals surface area contributed by atoms with Crippen molar-refractivity contribution in [1.82, 2.24) is 4.98 Å². The van der Waals surface area contributed by atoms with Crippen LogP contribution >= 0.6 is 0 Å². The molecule has 0 fully saturated rings. The number of hydrogen-bond donors (Lipinski definition) is 0. The first-order valence-corrected chi connectivity index (χ1v) is 19.0. The van der Waals surface area contributed by atoms with Gasteiger partial charge < -0.3 is 9.32 Å². The molecule has 0 saturated carbocycles. The fraction of sp³-hybridized carbons (Fsp3) is 0. The van der Waals surface area contributed by atoms with Crippen LogP contribution in [0.15, 0.2) is 211 Å². The number of hydrogen-bond acceptors (Lipinski definition) is 3. The average Bonchev–Trinajstić information content (AvgIpc) is 3.72. The number of oxazole rings is 1. The fourth-order valence-corrected chi connectivity index (χ4v) is 8.34. The highest BCUT2D eigenvalue weighted by atomic mass is 16.3. The molecule has 0 amide bonds. The Bertz CT molecular complexity index is 3240. The molecular formula is C53H34N2O. The standard InChI is InChI=1S/C53H34N2O/c1-3-13-36(14-4-1)53-54-51-34-50(47-21-11-12-22-48(47)52(51)56-53)40-24-23-38-32-43(30-27-37(38)31-40)55(41-16-5-2-6-17-41)42-28-25-35(26-29-42)49-33-39-15-7-8-18-44(39)45-19-9-10-20-46(45)49/h1-34H. The third-order valence-electron chi connectivity index (χ3n) is 11.0. The summed E-state index contributed by atoms with van der Waals surface area (Å²) in [5.74, 6) is 0.633. The third-order valence-corrected chi connectivity index (χ3v) is 11.0. The summed E-state index contributed by atoms with van der Waals surface area (Å²) in [5, 5.41) is 9.61. The fourth-order valence-electron chi connectivity index (χ4n) is 8.34. The molecule has 11 rings (SSSR count). The summed E-state index contributed by atoms with van der Waals surface area (Å²) < 4.78 is 6.38. The molecule has 0 bridgehead atoms. The molecule has 0 N–H and O–H groups in total. The van der Waals surface area contributed by atoms with E-state index in [2.05, 4.69) is 181 Å². The SMILES string of the molecule is c1ccc(-c2nc3cc(-c4ccc5cc(N(c6ccccc6)c6ccc(-c7cc8ccccc8c8ccccc78)cc6)ccc5c4)c4ccccc4c3o2)cc1. The second-order valence-electron chi connectivity index (χ2n) is 14.4. The maximum absolute atomic E-state index is 6.38. The van der Waals surface area contributed by atoms with Crippen molar-refractivity contribution >= 4 is 71.3 Å². The normalized spacial score (nSPS) is 11.6. The van der Waals surface area contributed by atoms with E-state index in [1.807, 2.05) is 30.3 Å². The van der Waals surface area contributed by atoms with Crippen LogP contribution in [0.3, 0.4) is 0 Å². The second-order valence-corrected chi connectivity index (χ2v) is 14.4. The van der Waals surface area contributed by atoms with Crippen molar-refractivity contribution in [2.24, 2.45) is 0 Å². The summed E-state index contributed by atoms with van der Waals surface area (Å²) in [6, 6.07) is 73.6. The van der Waals surface area contributed by atoms with Gasteiger partial charge in [-0.3, -0.25) is 0 Å². The molecule has 3 nitrogen and oxygen atoms in total. The van der Waals surface area contributed by atoms with Crippen molar-refractivity contribution in [1.29, 1.82) is 0 Å². The second kappa shape index (κ2) is 13.1. The number of fused-ring (bicyclic) bond motifs is 7. The van der Waals surface area contributed by atoms with E-state index in [4.69, 9.17) is 9.40 Å². The summed E-state index contributed by atoms with van der Waals surface area (Å²) >= 11 is 0. The highest BCUT2D eigenvalue weighted by molar-refractivity contribution is 6.14. The number of para-hydroxylation sites is 1. The van der Waals surface area contributed by atoms with Crippen LogP contribution in [0.5, 0.6) is 0 Å². The van der Waals surface area contributed by atoms with Crippen LogP contribution < -0.4 is 4.90 Å². The van der Waals surface area contributed by atoms with E-state index in [1.54, 1.807) is 0 Å². The van der Waals surface area contributed by atoms with E-state index in [0.717, 1.165) is 55.6 Å². The van der Waals surface area contributed by atoms with E-state index in [-0.39, 0.29) is 0 Å². The lowest BCUT2D eigenvalue weighted by Crippen LogP contribution is -2.09. The smallest absolute Gasteiger partial charge is 0.227 e. The van der Waals surface area contributed by atoms with Crippen molar-refractivity contribution in [2.45, 2.75) is 0 Å². The minimum absolute atomic E-state index is 0.633. The van der Waals surface area contributed by atoms with Crippen LogP contribution in [-0.4, -0.2) is 4.98 Å². The quantitative estimate of drug-likeness (QED) is 0.161. The molecule has 0 unspecified atom stereocenters. The van der Waals surface area contributed by atoms with E-state index in [1.165, 1.54) is 43.4 Å². The molecule has 1 heterocycles. The van der Waals surface area contributed by atoms with Crippen molar-refractivity contribution in [2.75, 3.05) is 4.90 Å². The summed E-state index contributed by atoms with van der Waals surface area (Å²) in [6.45, 7) is 0. The third kappa shape index (κ3) is 5.40. The van der Waals surface area contributed by atoms with Gasteiger partial charge in [0.25, 0.3) is 0 Å². The van der Waals surface area contributed by atoms with Crippen LogP contribution in [0.4, 0.5) is 17.1 Å². The van der Waals surface area contributed by atoms with E-state index in [9.17, 15) is 0 Å². The van der Waals surface area contributed by atoms with Crippen LogP contribution in [0, 0.1) is 0 Å². The van der Waals surface area contributed by atoms with Gasteiger partial charge in [-0.25, -0.2) is 4.98 Å². The Hall–Kier alpha value is -7.49. The maximum Gasteiger partial charge on any atom is 0.227 e. The van der Waals surface area contributed by atoms with Gasteiger partial charge in [0.05, 0.1) is 0 Å². The van der Waals surface area contributed by atoms with Gasteiger partial charge in [0.1, 0.15) is 5.52 Å². The van der Waals surface area contributed by atoms with Gasteiger partial charge in [-0.1, -0.05) is 140 Å². The number of benzene rings is 10. The topological polar surface area (TPSA) is 29.3 Å². The summed E-state index contributed by atoms with van der Waals surface area (Å²) in [4.78, 5) is 7.29. The van der Waals surface area contributed by atoms with Gasteiger partial charge in [-0.15, -0.1) is 0 Å². The summed E-state index contributed by atoms with van der Waals surface area (Å²) in [6.07, 6.45) is 0. The van der Waals surface area contributed by atoms with Crippen molar-refractivity contribution in [3.05, 3.63) is 206 Å². The largest absolute Gasteiger partial charge is 0.435 e. The number of anilines is 3. The molecule has 0 aliphatic heterocycles. The molecule has 1 aromatic heterocycles. The molecule has 11 aromatic rings. The van der Waals surface area contributed by atoms with Gasteiger partial charge in [0.2, 0.25) is 5.89 Å². The molecule has 0 atom stereocenters. The predicted molar refractivity (Wildman–Crippen MR) is 235 cm³/mol. The number of nitrogens with zero attached hydrogens (tertiary/aromatic N) is 2. The van der Waals surface area contributed by atoms with Crippen molar-refractivity contribution in [3.63, 3.8) is 0 Å². The van der Waals surface area contributed by atoms with E-state index >= 15 is 0 Å². The summed E-state index contributed by atoms with van der Waals surface area (Å²) in [7, 11) is 0. The van der Waals surface area contributed by atoms with E-state index in [0.29, 0.717) is 5.89 Å². The summed E-state index contributed by atoms with van der Waals surface area (Å²) in [5.41, 5.74) is 10.7. The Morgan fingerprint density at radius 2 is 0.893 bits per heavy atom. The monoisotopic (exact) mass is 714 g/mol. The number of rotatable bonds is 6. The highest BCUT2D eigenvalue weighted by Crippen LogP contribution is 2.41. The number of aromatic nitrogens is 1. The molecule has 56 heavy (non-hydrogen) atoms. The zero-order valence-electron chi connectivity index (χ0n) is 30.4. The van der Waals surface area contributed by atoms with E-state index < -0.39 is 0 Å². The molecule has 0 saturated heterocycles. The van der Waals surface area contributed by atoms with Crippen LogP contribution in [-0.2, 0) is 0 Å². The van der Waals surface area contributed by atoms with Gasteiger partial charge in [0.15, 0.2) is 5.58 Å². The van der Waals surface area contributed by atoms with Gasteiger partial charge in [-0.2, -0.15) is 0 Å². The first-order chi connectivity index (χ1) is 27.7. The zero-order valence-corrected chi connectivity index (χ0v) is 30.4. The lowest BCUT2D eigenvalue weighted by Gasteiger charge is -2.26. The average molecular weight is 715 g/mol. The Morgan fingerprint density at radius 3 is 1.68 bits per heavy atom. The maximum atomic E-state index is 6.38. The molecule has 0 radical (unpaired) electrons. The first-order valence-electron chi connectivity index (χ1n) is 19.0.